The molecule has 0 aliphatic rings. The van der Waals surface area contributed by atoms with Crippen LogP contribution in [0.2, 0.25) is 0 Å². The summed E-state index contributed by atoms with van der Waals surface area (Å²) in [6.45, 7) is 2.65. The summed E-state index contributed by atoms with van der Waals surface area (Å²) in [7, 11) is 0. The Kier molecular flexibility index (Phi) is 16.2. The maximum atomic E-state index is 11.2. The maximum Gasteiger partial charge on any atom is 0.305 e. The van der Waals surface area contributed by atoms with E-state index < -0.39 is 0 Å². The van der Waals surface area contributed by atoms with Gasteiger partial charge in [-0.05, 0) is 25.7 Å². The van der Waals surface area contributed by atoms with E-state index in [0.29, 0.717) is 18.8 Å². The minimum absolute atomic E-state index is 0.0714. The second-order valence-corrected chi connectivity index (χ2v) is 5.66. The summed E-state index contributed by atoms with van der Waals surface area (Å²) in [6, 6.07) is 0. The van der Waals surface area contributed by atoms with E-state index in [9.17, 15) is 4.79 Å². The van der Waals surface area contributed by atoms with E-state index in [-0.39, 0.29) is 5.97 Å². The highest BCUT2D eigenvalue weighted by molar-refractivity contribution is 7.80. The van der Waals surface area contributed by atoms with E-state index in [1.807, 2.05) is 0 Å². The second kappa shape index (κ2) is 16.6. The van der Waals surface area contributed by atoms with Crippen LogP contribution in [0, 0.1) is 0 Å². The Hall–Kier alpha value is -0.440. The highest BCUT2D eigenvalue weighted by atomic mass is 32.1. The first-order chi connectivity index (χ1) is 9.81. The Morgan fingerprint density at radius 3 is 2.20 bits per heavy atom. The van der Waals surface area contributed by atoms with E-state index >= 15 is 0 Å². The minimum atomic E-state index is -0.0714. The highest BCUT2D eigenvalue weighted by Gasteiger charge is 2.01. The molecule has 0 aromatic heterocycles. The van der Waals surface area contributed by atoms with Crippen molar-refractivity contribution in [3.05, 3.63) is 12.2 Å². The van der Waals surface area contributed by atoms with E-state index in [1.165, 1.54) is 51.4 Å². The van der Waals surface area contributed by atoms with Crippen LogP contribution in [0.5, 0.6) is 0 Å². The molecule has 0 radical (unpaired) electrons. The van der Waals surface area contributed by atoms with Gasteiger partial charge in [-0.2, -0.15) is 12.6 Å². The van der Waals surface area contributed by atoms with Gasteiger partial charge in [-0.15, -0.1) is 0 Å². The molecule has 0 atom stereocenters. The lowest BCUT2D eigenvalue weighted by Gasteiger charge is -2.03. The first-order valence-electron chi connectivity index (χ1n) is 8.22. The van der Waals surface area contributed by atoms with Crippen LogP contribution in [0.3, 0.4) is 0 Å². The molecule has 0 unspecified atom stereocenters. The van der Waals surface area contributed by atoms with Crippen molar-refractivity contribution < 1.29 is 9.53 Å². The first-order valence-corrected chi connectivity index (χ1v) is 8.86. The van der Waals surface area contributed by atoms with Crippen molar-refractivity contribution in [2.75, 3.05) is 12.4 Å². The van der Waals surface area contributed by atoms with Gasteiger partial charge in [-0.25, -0.2) is 0 Å². The van der Waals surface area contributed by atoms with Crippen molar-refractivity contribution in [1.29, 1.82) is 0 Å². The SMILES string of the molecule is CCC/C=C/CCCCCCCCCC(=O)OCCS. The van der Waals surface area contributed by atoms with Crippen LogP contribution in [0.25, 0.3) is 0 Å². The molecule has 2 nitrogen and oxygen atoms in total. The molecule has 118 valence electrons. The van der Waals surface area contributed by atoms with Crippen LogP contribution in [-0.2, 0) is 9.53 Å². The number of allylic oxidation sites excluding steroid dienone is 2. The summed E-state index contributed by atoms with van der Waals surface area (Å²) in [5.41, 5.74) is 0. The van der Waals surface area contributed by atoms with Crippen molar-refractivity contribution in [3.63, 3.8) is 0 Å². The fourth-order valence-electron chi connectivity index (χ4n) is 2.05. The second-order valence-electron chi connectivity index (χ2n) is 5.22. The van der Waals surface area contributed by atoms with Gasteiger partial charge in [0.15, 0.2) is 0 Å². The Balaban J connectivity index is 3.11. The Morgan fingerprint density at radius 2 is 1.55 bits per heavy atom. The number of carbonyl (C=O) groups excluding carboxylic acids is 1. The molecular formula is C17H32O2S. The molecule has 0 spiro atoms. The molecule has 0 aliphatic carbocycles. The zero-order valence-corrected chi connectivity index (χ0v) is 14.0. The lowest BCUT2D eigenvalue weighted by atomic mass is 10.1. The fourth-order valence-corrected chi connectivity index (χ4v) is 2.14. The molecule has 0 aromatic rings. The molecule has 0 bridgehead atoms. The van der Waals surface area contributed by atoms with E-state index in [4.69, 9.17) is 4.74 Å². The summed E-state index contributed by atoms with van der Waals surface area (Å²) in [6.07, 6.45) is 17.5. The van der Waals surface area contributed by atoms with Crippen LogP contribution >= 0.6 is 12.6 Å². The van der Waals surface area contributed by atoms with Gasteiger partial charge in [0.1, 0.15) is 6.61 Å². The normalized spacial score (nSPS) is 11.1. The topological polar surface area (TPSA) is 26.3 Å². The van der Waals surface area contributed by atoms with Crippen molar-refractivity contribution >= 4 is 18.6 Å². The van der Waals surface area contributed by atoms with Gasteiger partial charge in [0.25, 0.3) is 0 Å². The van der Waals surface area contributed by atoms with Crippen LogP contribution < -0.4 is 0 Å². The molecule has 0 amide bonds. The number of rotatable bonds is 14. The molecule has 3 heteroatoms. The zero-order valence-electron chi connectivity index (χ0n) is 13.1. The number of unbranched alkanes of at least 4 members (excludes halogenated alkanes) is 8. The minimum Gasteiger partial charge on any atom is -0.465 e. The van der Waals surface area contributed by atoms with Gasteiger partial charge in [-0.3, -0.25) is 4.79 Å². The van der Waals surface area contributed by atoms with Gasteiger partial charge in [0.2, 0.25) is 0 Å². The van der Waals surface area contributed by atoms with E-state index in [1.54, 1.807) is 0 Å². The number of hydrogen-bond acceptors (Lipinski definition) is 3. The molecule has 0 aromatic carbocycles. The van der Waals surface area contributed by atoms with Crippen molar-refractivity contribution in [2.24, 2.45) is 0 Å². The molecule has 0 fully saturated rings. The zero-order chi connectivity index (χ0) is 14.9. The summed E-state index contributed by atoms with van der Waals surface area (Å²) >= 11 is 4.00. The molecule has 0 N–H and O–H groups in total. The molecule has 0 aliphatic heterocycles. The number of ether oxygens (including phenoxy) is 1. The fraction of sp³-hybridized carbons (Fsp3) is 0.824. The molecule has 0 rings (SSSR count). The predicted octanol–water partition coefficient (Wildman–Crippen LogP) is 5.33. The lowest BCUT2D eigenvalue weighted by molar-refractivity contribution is -0.143. The monoisotopic (exact) mass is 300 g/mol. The molecule has 0 heterocycles. The molecule has 0 saturated carbocycles. The van der Waals surface area contributed by atoms with Gasteiger partial charge >= 0.3 is 5.97 Å². The van der Waals surface area contributed by atoms with Crippen LogP contribution in [0.4, 0.5) is 0 Å². The van der Waals surface area contributed by atoms with Gasteiger partial charge in [0, 0.05) is 12.2 Å². The Bertz CT molecular complexity index is 239. The summed E-state index contributed by atoms with van der Waals surface area (Å²) in [5.74, 6) is 0.539. The standard InChI is InChI=1S/C17H32O2S/c1-2-3-4-5-6-7-8-9-10-11-12-13-14-17(18)19-15-16-20/h4-5,20H,2-3,6-16H2,1H3/b5-4+. The number of carbonyl (C=O) groups is 1. The van der Waals surface area contributed by atoms with E-state index in [0.717, 1.165) is 12.8 Å². The van der Waals surface area contributed by atoms with E-state index in [2.05, 4.69) is 31.7 Å². The third kappa shape index (κ3) is 15.6. The largest absolute Gasteiger partial charge is 0.465 e. The van der Waals surface area contributed by atoms with Gasteiger partial charge in [0.05, 0.1) is 0 Å². The third-order valence-electron chi connectivity index (χ3n) is 3.23. The molecule has 20 heavy (non-hydrogen) atoms. The van der Waals surface area contributed by atoms with Crippen molar-refractivity contribution in [2.45, 2.75) is 77.6 Å². The van der Waals surface area contributed by atoms with Crippen molar-refractivity contribution in [1.82, 2.24) is 0 Å². The molecular weight excluding hydrogens is 268 g/mol. The highest BCUT2D eigenvalue weighted by Crippen LogP contribution is 2.10. The van der Waals surface area contributed by atoms with Crippen LogP contribution in [0.1, 0.15) is 77.6 Å². The number of hydrogen-bond donors (Lipinski definition) is 1. The maximum absolute atomic E-state index is 11.2. The smallest absolute Gasteiger partial charge is 0.305 e. The third-order valence-corrected chi connectivity index (χ3v) is 3.41. The van der Waals surface area contributed by atoms with Crippen LogP contribution in [0.15, 0.2) is 12.2 Å². The Labute approximate surface area is 130 Å². The Morgan fingerprint density at radius 1 is 0.950 bits per heavy atom. The summed E-state index contributed by atoms with van der Waals surface area (Å²) < 4.78 is 4.97. The average molecular weight is 301 g/mol. The first kappa shape index (κ1) is 19.6. The summed E-state index contributed by atoms with van der Waals surface area (Å²) in [5, 5.41) is 0. The average Bonchev–Trinajstić information content (AvgIpc) is 2.46. The van der Waals surface area contributed by atoms with Crippen molar-refractivity contribution in [3.8, 4) is 0 Å². The van der Waals surface area contributed by atoms with Gasteiger partial charge < -0.3 is 4.74 Å². The van der Waals surface area contributed by atoms with Crippen LogP contribution in [-0.4, -0.2) is 18.3 Å². The lowest BCUT2D eigenvalue weighted by Crippen LogP contribution is -2.06. The molecule has 0 saturated heterocycles. The van der Waals surface area contributed by atoms with Gasteiger partial charge in [-0.1, -0.05) is 57.6 Å². The number of thiol groups is 1. The summed E-state index contributed by atoms with van der Waals surface area (Å²) in [4.78, 5) is 11.2. The predicted molar refractivity (Wildman–Crippen MR) is 90.4 cm³/mol. The number of esters is 1. The quantitative estimate of drug-likeness (QED) is 0.203.